The standard InChI is InChI=1S/C13H25N3O3S/c1-15(12-4-7-20(18,19)10-12)13(17)9-16-5-2-11(8-14)3-6-16/h11-12H,2-10,14H2,1H3. The first kappa shape index (κ1) is 15.7. The predicted molar refractivity (Wildman–Crippen MR) is 78.0 cm³/mol. The number of likely N-dealkylation sites (tertiary alicyclic amines) is 1. The summed E-state index contributed by atoms with van der Waals surface area (Å²) in [6, 6.07) is -0.144. The van der Waals surface area contributed by atoms with E-state index in [9.17, 15) is 13.2 Å². The quantitative estimate of drug-likeness (QED) is 0.743. The molecule has 2 heterocycles. The van der Waals surface area contributed by atoms with Gasteiger partial charge in [-0.05, 0) is 44.8 Å². The molecule has 7 heteroatoms. The number of carbonyl (C=O) groups is 1. The van der Waals surface area contributed by atoms with Gasteiger partial charge in [0.05, 0.1) is 18.1 Å². The molecule has 0 aromatic heterocycles. The molecule has 6 nitrogen and oxygen atoms in total. The Morgan fingerprint density at radius 3 is 2.45 bits per heavy atom. The molecular formula is C13H25N3O3S. The fourth-order valence-electron chi connectivity index (χ4n) is 2.97. The van der Waals surface area contributed by atoms with E-state index in [4.69, 9.17) is 5.73 Å². The second kappa shape index (κ2) is 6.41. The van der Waals surface area contributed by atoms with Gasteiger partial charge in [0, 0.05) is 13.1 Å². The third-order valence-corrected chi connectivity index (χ3v) is 6.30. The number of piperidine rings is 1. The highest BCUT2D eigenvalue weighted by Gasteiger charge is 2.33. The molecule has 2 aliphatic rings. The van der Waals surface area contributed by atoms with Gasteiger partial charge in [-0.15, -0.1) is 0 Å². The molecule has 0 bridgehead atoms. The van der Waals surface area contributed by atoms with Crippen molar-refractivity contribution >= 4 is 15.7 Å². The first-order valence-corrected chi connectivity index (χ1v) is 9.12. The Balaban J connectivity index is 1.80. The van der Waals surface area contributed by atoms with Crippen LogP contribution in [-0.2, 0) is 14.6 Å². The molecule has 0 radical (unpaired) electrons. The van der Waals surface area contributed by atoms with Crippen molar-refractivity contribution in [2.24, 2.45) is 11.7 Å². The number of carbonyl (C=O) groups excluding carboxylic acids is 1. The Labute approximate surface area is 121 Å². The van der Waals surface area contributed by atoms with Crippen molar-refractivity contribution < 1.29 is 13.2 Å². The summed E-state index contributed by atoms with van der Waals surface area (Å²) in [6.07, 6.45) is 2.66. The molecule has 20 heavy (non-hydrogen) atoms. The van der Waals surface area contributed by atoms with Crippen molar-refractivity contribution in [1.29, 1.82) is 0 Å². The largest absolute Gasteiger partial charge is 0.341 e. The SMILES string of the molecule is CN(C(=O)CN1CCC(CN)CC1)C1CCS(=O)(=O)C1. The van der Waals surface area contributed by atoms with Crippen LogP contribution in [0.5, 0.6) is 0 Å². The molecule has 0 aliphatic carbocycles. The van der Waals surface area contributed by atoms with E-state index in [0.29, 0.717) is 18.9 Å². The summed E-state index contributed by atoms with van der Waals surface area (Å²) >= 11 is 0. The molecule has 0 saturated carbocycles. The number of likely N-dealkylation sites (N-methyl/N-ethyl adjacent to an activating group) is 1. The first-order valence-electron chi connectivity index (χ1n) is 7.30. The Morgan fingerprint density at radius 2 is 1.95 bits per heavy atom. The van der Waals surface area contributed by atoms with Gasteiger partial charge in [-0.1, -0.05) is 0 Å². The number of rotatable bonds is 4. The average Bonchev–Trinajstić information content (AvgIpc) is 2.79. The van der Waals surface area contributed by atoms with E-state index in [-0.39, 0.29) is 23.5 Å². The maximum atomic E-state index is 12.2. The van der Waals surface area contributed by atoms with Crippen LogP contribution in [0.2, 0.25) is 0 Å². The monoisotopic (exact) mass is 303 g/mol. The lowest BCUT2D eigenvalue weighted by molar-refractivity contribution is -0.133. The van der Waals surface area contributed by atoms with Crippen LogP contribution >= 0.6 is 0 Å². The van der Waals surface area contributed by atoms with Crippen LogP contribution in [0.3, 0.4) is 0 Å². The minimum absolute atomic E-state index is 0.0262. The second-order valence-electron chi connectivity index (χ2n) is 6.02. The molecule has 1 atom stereocenters. The van der Waals surface area contributed by atoms with Gasteiger partial charge in [0.15, 0.2) is 9.84 Å². The molecule has 1 unspecified atom stereocenters. The van der Waals surface area contributed by atoms with Crippen LogP contribution in [-0.4, -0.2) is 74.9 Å². The van der Waals surface area contributed by atoms with E-state index in [2.05, 4.69) is 4.90 Å². The molecule has 0 spiro atoms. The Morgan fingerprint density at radius 1 is 1.30 bits per heavy atom. The molecule has 0 aromatic carbocycles. The van der Waals surface area contributed by atoms with E-state index in [1.807, 2.05) is 0 Å². The molecule has 0 aromatic rings. The summed E-state index contributed by atoms with van der Waals surface area (Å²) in [5.74, 6) is 0.930. The summed E-state index contributed by atoms with van der Waals surface area (Å²) < 4.78 is 22.9. The second-order valence-corrected chi connectivity index (χ2v) is 8.25. The van der Waals surface area contributed by atoms with Gasteiger partial charge in [-0.2, -0.15) is 0 Å². The minimum atomic E-state index is -2.94. The van der Waals surface area contributed by atoms with Crippen molar-refractivity contribution in [2.45, 2.75) is 25.3 Å². The Hall–Kier alpha value is -0.660. The Kier molecular flexibility index (Phi) is 5.04. The van der Waals surface area contributed by atoms with Crippen LogP contribution in [0.15, 0.2) is 0 Å². The number of hydrogen-bond acceptors (Lipinski definition) is 5. The van der Waals surface area contributed by atoms with Gasteiger partial charge in [0.2, 0.25) is 5.91 Å². The molecule has 2 aliphatic heterocycles. The van der Waals surface area contributed by atoms with Crippen molar-refractivity contribution in [3.63, 3.8) is 0 Å². The lowest BCUT2D eigenvalue weighted by Gasteiger charge is -2.33. The number of amides is 1. The Bertz CT molecular complexity index is 444. The number of nitrogens with zero attached hydrogens (tertiary/aromatic N) is 2. The smallest absolute Gasteiger partial charge is 0.236 e. The molecule has 1 amide bonds. The van der Waals surface area contributed by atoms with E-state index < -0.39 is 9.84 Å². The summed E-state index contributed by atoms with van der Waals surface area (Å²) in [7, 11) is -1.22. The lowest BCUT2D eigenvalue weighted by Crippen LogP contribution is -2.46. The fourth-order valence-corrected chi connectivity index (χ4v) is 4.74. The van der Waals surface area contributed by atoms with Gasteiger partial charge in [0.25, 0.3) is 0 Å². The van der Waals surface area contributed by atoms with Gasteiger partial charge in [-0.25, -0.2) is 8.42 Å². The highest BCUT2D eigenvalue weighted by molar-refractivity contribution is 7.91. The van der Waals surface area contributed by atoms with Crippen molar-refractivity contribution in [2.75, 3.05) is 44.7 Å². The van der Waals surface area contributed by atoms with Crippen LogP contribution < -0.4 is 5.73 Å². The number of sulfone groups is 1. The van der Waals surface area contributed by atoms with E-state index >= 15 is 0 Å². The maximum Gasteiger partial charge on any atom is 0.236 e. The van der Waals surface area contributed by atoms with E-state index in [0.717, 1.165) is 32.5 Å². The zero-order chi connectivity index (χ0) is 14.8. The number of nitrogens with two attached hydrogens (primary N) is 1. The van der Waals surface area contributed by atoms with E-state index in [1.165, 1.54) is 0 Å². The van der Waals surface area contributed by atoms with E-state index in [1.54, 1.807) is 11.9 Å². The normalized spacial score (nSPS) is 27.6. The molecule has 2 saturated heterocycles. The van der Waals surface area contributed by atoms with Crippen LogP contribution in [0.25, 0.3) is 0 Å². The van der Waals surface area contributed by atoms with Gasteiger partial charge in [-0.3, -0.25) is 9.69 Å². The zero-order valence-corrected chi connectivity index (χ0v) is 12.9. The lowest BCUT2D eigenvalue weighted by atomic mass is 9.97. The summed E-state index contributed by atoms with van der Waals surface area (Å²) in [6.45, 7) is 2.93. The summed E-state index contributed by atoms with van der Waals surface area (Å²) in [4.78, 5) is 16.0. The predicted octanol–water partition coefficient (Wildman–Crippen LogP) is -0.697. The maximum absolute atomic E-state index is 12.2. The molecular weight excluding hydrogens is 278 g/mol. The van der Waals surface area contributed by atoms with Gasteiger partial charge in [0.1, 0.15) is 0 Å². The van der Waals surface area contributed by atoms with Crippen molar-refractivity contribution in [3.05, 3.63) is 0 Å². The highest BCUT2D eigenvalue weighted by atomic mass is 32.2. The highest BCUT2D eigenvalue weighted by Crippen LogP contribution is 2.18. The molecule has 2 fully saturated rings. The van der Waals surface area contributed by atoms with Crippen LogP contribution in [0.4, 0.5) is 0 Å². The summed E-state index contributed by atoms with van der Waals surface area (Å²) in [5, 5.41) is 0. The van der Waals surface area contributed by atoms with Crippen LogP contribution in [0, 0.1) is 5.92 Å². The van der Waals surface area contributed by atoms with Crippen molar-refractivity contribution in [3.8, 4) is 0 Å². The third kappa shape index (κ3) is 3.93. The molecule has 2 N–H and O–H groups in total. The number of hydrogen-bond donors (Lipinski definition) is 1. The third-order valence-electron chi connectivity index (χ3n) is 4.55. The summed E-state index contributed by atoms with van der Waals surface area (Å²) in [5.41, 5.74) is 5.66. The topological polar surface area (TPSA) is 83.7 Å². The minimum Gasteiger partial charge on any atom is -0.341 e. The fraction of sp³-hybridized carbons (Fsp3) is 0.923. The van der Waals surface area contributed by atoms with Gasteiger partial charge < -0.3 is 10.6 Å². The van der Waals surface area contributed by atoms with Gasteiger partial charge >= 0.3 is 0 Å². The van der Waals surface area contributed by atoms with Crippen molar-refractivity contribution in [1.82, 2.24) is 9.80 Å². The average molecular weight is 303 g/mol. The van der Waals surface area contributed by atoms with Crippen LogP contribution in [0.1, 0.15) is 19.3 Å². The molecule has 2 rings (SSSR count). The first-order chi connectivity index (χ1) is 9.41. The zero-order valence-electron chi connectivity index (χ0n) is 12.1. The molecule has 116 valence electrons.